The lowest BCUT2D eigenvalue weighted by atomic mass is 9.97. The predicted octanol–water partition coefficient (Wildman–Crippen LogP) is 1.93. The molecule has 0 aliphatic carbocycles. The van der Waals surface area contributed by atoms with Crippen LogP contribution in [-0.4, -0.2) is 13.0 Å². The maximum Gasteiger partial charge on any atom is 0.207 e. The number of benzene rings is 1. The van der Waals surface area contributed by atoms with Gasteiger partial charge >= 0.3 is 0 Å². The van der Waals surface area contributed by atoms with E-state index in [2.05, 4.69) is 24.4 Å². The van der Waals surface area contributed by atoms with Gasteiger partial charge in [0, 0.05) is 12.5 Å². The van der Waals surface area contributed by atoms with Gasteiger partial charge in [0.25, 0.3) is 0 Å². The molecular formula is C11H15NO. The molecule has 1 aromatic rings. The van der Waals surface area contributed by atoms with Gasteiger partial charge in [0.05, 0.1) is 0 Å². The Bertz CT molecular complexity index is 246. The molecular weight excluding hydrogens is 162 g/mol. The third-order valence-electron chi connectivity index (χ3n) is 2.21. The van der Waals surface area contributed by atoms with Crippen LogP contribution in [0.3, 0.4) is 0 Å². The van der Waals surface area contributed by atoms with Crippen LogP contribution in [0.5, 0.6) is 0 Å². The van der Waals surface area contributed by atoms with E-state index in [0.717, 1.165) is 19.4 Å². The van der Waals surface area contributed by atoms with Gasteiger partial charge in [0.1, 0.15) is 0 Å². The lowest BCUT2D eigenvalue weighted by Crippen LogP contribution is -2.19. The van der Waals surface area contributed by atoms with Gasteiger partial charge in [-0.05, 0) is 12.0 Å². The van der Waals surface area contributed by atoms with Crippen LogP contribution in [0.25, 0.3) is 0 Å². The molecule has 1 aromatic carbocycles. The van der Waals surface area contributed by atoms with Gasteiger partial charge in [-0.3, -0.25) is 4.79 Å². The van der Waals surface area contributed by atoms with Crippen molar-refractivity contribution in [3.05, 3.63) is 35.9 Å². The minimum Gasteiger partial charge on any atom is -0.358 e. The average molecular weight is 177 g/mol. The molecule has 0 unspecified atom stereocenters. The maximum absolute atomic E-state index is 10.1. The quantitative estimate of drug-likeness (QED) is 0.684. The minimum absolute atomic E-state index is 0.436. The van der Waals surface area contributed by atoms with Crippen molar-refractivity contribution < 1.29 is 4.79 Å². The monoisotopic (exact) mass is 177 g/mol. The van der Waals surface area contributed by atoms with Crippen molar-refractivity contribution in [2.45, 2.75) is 19.3 Å². The summed E-state index contributed by atoms with van der Waals surface area (Å²) in [7, 11) is 0. The second-order valence-electron chi connectivity index (χ2n) is 3.04. The lowest BCUT2D eigenvalue weighted by Gasteiger charge is -2.13. The van der Waals surface area contributed by atoms with Gasteiger partial charge in [0.15, 0.2) is 0 Å². The molecule has 0 heterocycles. The third-order valence-corrected chi connectivity index (χ3v) is 2.21. The van der Waals surface area contributed by atoms with Gasteiger partial charge in [0.2, 0.25) is 6.41 Å². The molecule has 0 aromatic heterocycles. The number of nitrogens with one attached hydrogen (secondary N) is 1. The Labute approximate surface area is 79.0 Å². The van der Waals surface area contributed by atoms with Crippen molar-refractivity contribution in [1.82, 2.24) is 5.32 Å². The zero-order valence-corrected chi connectivity index (χ0v) is 7.86. The number of amides is 1. The van der Waals surface area contributed by atoms with Crippen molar-refractivity contribution in [2.75, 3.05) is 6.54 Å². The molecule has 0 aliphatic rings. The van der Waals surface area contributed by atoms with Crippen LogP contribution in [0.4, 0.5) is 0 Å². The molecule has 1 N–H and O–H groups in total. The highest BCUT2D eigenvalue weighted by Gasteiger charge is 2.06. The first-order chi connectivity index (χ1) is 6.38. The average Bonchev–Trinajstić information content (AvgIpc) is 2.21. The van der Waals surface area contributed by atoms with Gasteiger partial charge in [-0.2, -0.15) is 0 Å². The van der Waals surface area contributed by atoms with Gasteiger partial charge < -0.3 is 5.32 Å². The molecule has 0 fully saturated rings. The van der Waals surface area contributed by atoms with Crippen LogP contribution in [-0.2, 0) is 4.79 Å². The van der Waals surface area contributed by atoms with E-state index in [1.54, 1.807) is 0 Å². The molecule has 2 heteroatoms. The number of hydrogen-bond donors (Lipinski definition) is 1. The van der Waals surface area contributed by atoms with E-state index < -0.39 is 0 Å². The first-order valence-electron chi connectivity index (χ1n) is 4.60. The molecule has 1 amide bonds. The summed E-state index contributed by atoms with van der Waals surface area (Å²) in [6.07, 6.45) is 1.80. The summed E-state index contributed by atoms with van der Waals surface area (Å²) in [4.78, 5) is 10.1. The lowest BCUT2D eigenvalue weighted by molar-refractivity contribution is -0.109. The first kappa shape index (κ1) is 9.78. The highest BCUT2D eigenvalue weighted by atomic mass is 16.1. The van der Waals surface area contributed by atoms with Crippen LogP contribution in [0.2, 0.25) is 0 Å². The zero-order chi connectivity index (χ0) is 9.52. The molecule has 0 radical (unpaired) electrons. The summed E-state index contributed by atoms with van der Waals surface area (Å²) in [6.45, 7) is 2.86. The Hall–Kier alpha value is -1.31. The van der Waals surface area contributed by atoms with Crippen molar-refractivity contribution in [2.24, 2.45) is 0 Å². The van der Waals surface area contributed by atoms with Crippen molar-refractivity contribution in [1.29, 1.82) is 0 Å². The maximum atomic E-state index is 10.1. The first-order valence-corrected chi connectivity index (χ1v) is 4.60. The Balaban J connectivity index is 2.61. The van der Waals surface area contributed by atoms with Crippen LogP contribution < -0.4 is 5.32 Å². The van der Waals surface area contributed by atoms with Crippen LogP contribution >= 0.6 is 0 Å². The van der Waals surface area contributed by atoms with E-state index in [1.165, 1.54) is 5.56 Å². The van der Waals surface area contributed by atoms with Gasteiger partial charge in [-0.15, -0.1) is 0 Å². The summed E-state index contributed by atoms with van der Waals surface area (Å²) in [5.74, 6) is 0.436. The van der Waals surface area contributed by atoms with Crippen molar-refractivity contribution in [3.8, 4) is 0 Å². The van der Waals surface area contributed by atoms with Crippen LogP contribution in [0.1, 0.15) is 24.8 Å². The number of rotatable bonds is 5. The van der Waals surface area contributed by atoms with E-state index in [9.17, 15) is 4.79 Å². The fourth-order valence-electron chi connectivity index (χ4n) is 1.41. The van der Waals surface area contributed by atoms with Crippen molar-refractivity contribution >= 4 is 6.41 Å². The summed E-state index contributed by atoms with van der Waals surface area (Å²) in [5, 5.41) is 2.72. The second kappa shape index (κ2) is 5.36. The van der Waals surface area contributed by atoms with E-state index in [0.29, 0.717) is 5.92 Å². The molecule has 70 valence electrons. The van der Waals surface area contributed by atoms with Crippen LogP contribution in [0.15, 0.2) is 30.3 Å². The second-order valence-corrected chi connectivity index (χ2v) is 3.04. The van der Waals surface area contributed by atoms with E-state index in [-0.39, 0.29) is 0 Å². The molecule has 0 bridgehead atoms. The topological polar surface area (TPSA) is 29.1 Å². The van der Waals surface area contributed by atoms with Crippen LogP contribution in [0, 0.1) is 0 Å². The highest BCUT2D eigenvalue weighted by molar-refractivity contribution is 5.46. The smallest absolute Gasteiger partial charge is 0.207 e. The SMILES string of the molecule is CC[C@H](CNC=O)c1ccccc1. The van der Waals surface area contributed by atoms with Gasteiger partial charge in [-0.1, -0.05) is 37.3 Å². The predicted molar refractivity (Wildman–Crippen MR) is 53.5 cm³/mol. The highest BCUT2D eigenvalue weighted by Crippen LogP contribution is 2.17. The molecule has 0 saturated heterocycles. The van der Waals surface area contributed by atoms with Crippen molar-refractivity contribution in [3.63, 3.8) is 0 Å². The summed E-state index contributed by atoms with van der Waals surface area (Å²) in [5.41, 5.74) is 1.29. The fraction of sp³-hybridized carbons (Fsp3) is 0.364. The fourth-order valence-corrected chi connectivity index (χ4v) is 1.41. The Morgan fingerprint density at radius 2 is 2.08 bits per heavy atom. The molecule has 2 nitrogen and oxygen atoms in total. The normalized spacial score (nSPS) is 12.1. The molecule has 1 rings (SSSR count). The summed E-state index contributed by atoms with van der Waals surface area (Å²) < 4.78 is 0. The standard InChI is InChI=1S/C11H15NO/c1-2-10(8-12-9-13)11-6-4-3-5-7-11/h3-7,9-10H,2,8H2,1H3,(H,12,13)/t10-/m1/s1. The molecule has 13 heavy (non-hydrogen) atoms. The van der Waals surface area contributed by atoms with Gasteiger partial charge in [-0.25, -0.2) is 0 Å². The molecule has 1 atom stereocenters. The summed E-state index contributed by atoms with van der Waals surface area (Å²) in [6, 6.07) is 10.3. The molecule has 0 aliphatic heterocycles. The van der Waals surface area contributed by atoms with E-state index >= 15 is 0 Å². The molecule has 0 spiro atoms. The number of carbonyl (C=O) groups excluding carboxylic acids is 1. The minimum atomic E-state index is 0.436. The Morgan fingerprint density at radius 1 is 1.38 bits per heavy atom. The zero-order valence-electron chi connectivity index (χ0n) is 7.86. The molecule has 0 saturated carbocycles. The largest absolute Gasteiger partial charge is 0.358 e. The Kier molecular flexibility index (Phi) is 4.03. The number of carbonyl (C=O) groups is 1. The van der Waals surface area contributed by atoms with E-state index in [1.807, 2.05) is 18.2 Å². The van der Waals surface area contributed by atoms with E-state index in [4.69, 9.17) is 0 Å². The Morgan fingerprint density at radius 3 is 2.62 bits per heavy atom. The summed E-state index contributed by atoms with van der Waals surface area (Å²) >= 11 is 0. The third kappa shape index (κ3) is 2.90. The number of hydrogen-bond acceptors (Lipinski definition) is 1.